The minimum absolute atomic E-state index is 0.0468. The number of carbonyl (C=O) groups is 1. The Bertz CT molecular complexity index is 1100. The number of amides is 1. The van der Waals surface area contributed by atoms with Crippen molar-refractivity contribution in [3.05, 3.63) is 76.7 Å². The number of rotatable bonds is 5. The predicted molar refractivity (Wildman–Crippen MR) is 109 cm³/mol. The third kappa shape index (κ3) is 3.81. The quantitative estimate of drug-likeness (QED) is 0.525. The highest BCUT2D eigenvalue weighted by Gasteiger charge is 2.17. The van der Waals surface area contributed by atoms with E-state index in [9.17, 15) is 14.4 Å². The summed E-state index contributed by atoms with van der Waals surface area (Å²) in [6.45, 7) is 5.98. The van der Waals surface area contributed by atoms with E-state index in [4.69, 9.17) is 0 Å². The first-order valence-corrected chi connectivity index (χ1v) is 9.16. The molecule has 1 N–H and O–H groups in total. The number of hydrogen-bond acceptors (Lipinski definition) is 2. The molecule has 4 nitrogen and oxygen atoms in total. The number of benzene rings is 2. The van der Waals surface area contributed by atoms with Crippen LogP contribution in [-0.4, -0.2) is 16.5 Å². The van der Waals surface area contributed by atoms with E-state index in [0.29, 0.717) is 12.1 Å². The minimum atomic E-state index is -0.400. The molecule has 0 saturated carbocycles. The van der Waals surface area contributed by atoms with Gasteiger partial charge in [-0.15, -0.1) is 0 Å². The van der Waals surface area contributed by atoms with Crippen LogP contribution in [0.15, 0.2) is 54.1 Å². The maximum Gasteiger partial charge on any atom is 0.262 e. The average molecular weight is 375 g/mol. The number of nitriles is 1. The maximum absolute atomic E-state index is 14.2. The maximum atomic E-state index is 14.2. The van der Waals surface area contributed by atoms with Gasteiger partial charge in [0.05, 0.1) is 6.54 Å². The predicted octanol–water partition coefficient (Wildman–Crippen LogP) is 4.57. The largest absolute Gasteiger partial charge is 0.349 e. The molecule has 142 valence electrons. The zero-order chi connectivity index (χ0) is 20.3. The van der Waals surface area contributed by atoms with Crippen molar-refractivity contribution >= 4 is 22.9 Å². The fraction of sp³-hybridized carbons (Fsp3) is 0.217. The van der Waals surface area contributed by atoms with Gasteiger partial charge in [0.15, 0.2) is 0 Å². The molecule has 1 aromatic heterocycles. The number of para-hydroxylation sites is 1. The molecule has 0 aliphatic carbocycles. The Kier molecular flexibility index (Phi) is 5.60. The Morgan fingerprint density at radius 3 is 2.57 bits per heavy atom. The third-order valence-corrected chi connectivity index (χ3v) is 4.64. The molecule has 3 aromatic rings. The second kappa shape index (κ2) is 8.10. The van der Waals surface area contributed by atoms with E-state index in [-0.39, 0.29) is 17.4 Å². The van der Waals surface area contributed by atoms with Crippen LogP contribution in [0, 0.1) is 24.1 Å². The van der Waals surface area contributed by atoms with E-state index in [2.05, 4.69) is 5.32 Å². The van der Waals surface area contributed by atoms with Gasteiger partial charge < -0.3 is 9.88 Å². The molecule has 5 heteroatoms. The molecule has 0 bridgehead atoms. The van der Waals surface area contributed by atoms with Crippen molar-refractivity contribution in [1.29, 1.82) is 5.26 Å². The summed E-state index contributed by atoms with van der Waals surface area (Å²) in [6.07, 6.45) is 1.62. The number of aromatic nitrogens is 1. The van der Waals surface area contributed by atoms with Gasteiger partial charge in [0.25, 0.3) is 5.91 Å². The van der Waals surface area contributed by atoms with Gasteiger partial charge in [-0.3, -0.25) is 4.79 Å². The van der Waals surface area contributed by atoms with Crippen LogP contribution in [0.5, 0.6) is 0 Å². The minimum Gasteiger partial charge on any atom is -0.349 e. The molecule has 0 radical (unpaired) electrons. The summed E-state index contributed by atoms with van der Waals surface area (Å²) < 4.78 is 16.2. The highest BCUT2D eigenvalue weighted by molar-refractivity contribution is 6.04. The zero-order valence-corrected chi connectivity index (χ0v) is 16.2. The lowest BCUT2D eigenvalue weighted by Crippen LogP contribution is -2.30. The van der Waals surface area contributed by atoms with Gasteiger partial charge in [-0.2, -0.15) is 5.26 Å². The van der Waals surface area contributed by atoms with Gasteiger partial charge in [-0.05, 0) is 39.0 Å². The van der Waals surface area contributed by atoms with Gasteiger partial charge >= 0.3 is 0 Å². The molecule has 1 heterocycles. The van der Waals surface area contributed by atoms with E-state index in [1.807, 2.05) is 61.7 Å². The van der Waals surface area contributed by atoms with Gasteiger partial charge in [-0.1, -0.05) is 36.4 Å². The average Bonchev–Trinajstić information content (AvgIpc) is 2.92. The fourth-order valence-corrected chi connectivity index (χ4v) is 3.27. The topological polar surface area (TPSA) is 57.8 Å². The van der Waals surface area contributed by atoms with Crippen LogP contribution >= 0.6 is 0 Å². The van der Waals surface area contributed by atoms with Crippen LogP contribution in [0.2, 0.25) is 0 Å². The van der Waals surface area contributed by atoms with Crippen molar-refractivity contribution in [2.24, 2.45) is 0 Å². The van der Waals surface area contributed by atoms with Gasteiger partial charge in [-0.25, -0.2) is 4.39 Å². The van der Waals surface area contributed by atoms with Crippen LogP contribution in [0.1, 0.15) is 30.7 Å². The number of halogens is 1. The molecule has 0 unspecified atom stereocenters. The van der Waals surface area contributed by atoms with Crippen molar-refractivity contribution in [1.82, 2.24) is 9.88 Å². The smallest absolute Gasteiger partial charge is 0.262 e. The Labute approximate surface area is 163 Å². The standard InChI is InChI=1S/C23H22FN3O/c1-15(2)26-23(28)18(13-25)12-20-16(3)27(22-11-7-5-9-19(20)22)14-17-8-4-6-10-21(17)24/h4-12,15H,14H2,1-3H3,(H,26,28)/b18-12-. The first kappa shape index (κ1) is 19.4. The van der Waals surface area contributed by atoms with Crippen molar-refractivity contribution in [3.63, 3.8) is 0 Å². The SMILES string of the molecule is Cc1c(/C=C(/C#N)C(=O)NC(C)C)c2ccccc2n1Cc1ccccc1F. The molecule has 0 aliphatic rings. The second-order valence-corrected chi connectivity index (χ2v) is 6.99. The first-order valence-electron chi connectivity index (χ1n) is 9.16. The first-order chi connectivity index (χ1) is 13.4. The summed E-state index contributed by atoms with van der Waals surface area (Å²) in [4.78, 5) is 12.3. The summed E-state index contributed by atoms with van der Waals surface area (Å²) in [7, 11) is 0. The van der Waals surface area contributed by atoms with Crippen LogP contribution in [0.3, 0.4) is 0 Å². The number of hydrogen-bond donors (Lipinski definition) is 1. The van der Waals surface area contributed by atoms with Crippen LogP contribution in [0.4, 0.5) is 4.39 Å². The Balaban J connectivity index is 2.13. The zero-order valence-electron chi connectivity index (χ0n) is 16.2. The number of fused-ring (bicyclic) bond motifs is 1. The van der Waals surface area contributed by atoms with Gasteiger partial charge in [0.2, 0.25) is 0 Å². The molecule has 0 atom stereocenters. The summed E-state index contributed by atoms with van der Waals surface area (Å²) in [5, 5.41) is 13.1. The highest BCUT2D eigenvalue weighted by atomic mass is 19.1. The number of nitrogens with one attached hydrogen (secondary N) is 1. The summed E-state index contributed by atoms with van der Waals surface area (Å²) in [5.41, 5.74) is 3.22. The van der Waals surface area contributed by atoms with Crippen molar-refractivity contribution < 1.29 is 9.18 Å². The molecule has 28 heavy (non-hydrogen) atoms. The Morgan fingerprint density at radius 1 is 1.21 bits per heavy atom. The van der Waals surface area contributed by atoms with Gasteiger partial charge in [0.1, 0.15) is 17.5 Å². The fourth-order valence-electron chi connectivity index (χ4n) is 3.27. The van der Waals surface area contributed by atoms with E-state index < -0.39 is 5.91 Å². The molecule has 0 aliphatic heterocycles. The summed E-state index contributed by atoms with van der Waals surface area (Å²) >= 11 is 0. The molecule has 3 rings (SSSR count). The van der Waals surface area contributed by atoms with Crippen LogP contribution in [-0.2, 0) is 11.3 Å². The number of nitrogens with zero attached hydrogens (tertiary/aromatic N) is 2. The molecule has 1 amide bonds. The number of carbonyl (C=O) groups excluding carboxylic acids is 1. The van der Waals surface area contributed by atoms with Crippen molar-refractivity contribution in [2.75, 3.05) is 0 Å². The molecule has 0 fully saturated rings. The van der Waals surface area contributed by atoms with Crippen LogP contribution in [0.25, 0.3) is 17.0 Å². The molecular weight excluding hydrogens is 353 g/mol. The van der Waals surface area contributed by atoms with Gasteiger partial charge in [0, 0.05) is 33.8 Å². The monoisotopic (exact) mass is 375 g/mol. The summed E-state index contributed by atoms with van der Waals surface area (Å²) in [6, 6.07) is 16.4. The normalized spacial score (nSPS) is 11.6. The van der Waals surface area contributed by atoms with E-state index in [1.54, 1.807) is 18.2 Å². The van der Waals surface area contributed by atoms with E-state index in [0.717, 1.165) is 22.2 Å². The second-order valence-electron chi connectivity index (χ2n) is 6.99. The summed E-state index contributed by atoms with van der Waals surface area (Å²) in [5.74, 6) is -0.659. The molecule has 0 spiro atoms. The molecular formula is C23H22FN3O. The lowest BCUT2D eigenvalue weighted by molar-refractivity contribution is -0.117. The lowest BCUT2D eigenvalue weighted by Gasteiger charge is -2.10. The highest BCUT2D eigenvalue weighted by Crippen LogP contribution is 2.29. The van der Waals surface area contributed by atoms with Crippen molar-refractivity contribution in [2.45, 2.75) is 33.4 Å². The van der Waals surface area contributed by atoms with Crippen LogP contribution < -0.4 is 5.32 Å². The third-order valence-electron chi connectivity index (χ3n) is 4.64. The Hall–Kier alpha value is -3.39. The molecule has 2 aromatic carbocycles. The molecule has 0 saturated heterocycles. The van der Waals surface area contributed by atoms with Crippen molar-refractivity contribution in [3.8, 4) is 6.07 Å². The Morgan fingerprint density at radius 2 is 1.89 bits per heavy atom. The van der Waals surface area contributed by atoms with E-state index >= 15 is 0 Å². The van der Waals surface area contributed by atoms with E-state index in [1.165, 1.54) is 6.07 Å². The lowest BCUT2D eigenvalue weighted by atomic mass is 10.1.